The summed E-state index contributed by atoms with van der Waals surface area (Å²) in [5.41, 5.74) is 1.78. The summed E-state index contributed by atoms with van der Waals surface area (Å²) in [5, 5.41) is 12.1. The van der Waals surface area contributed by atoms with Gasteiger partial charge in [0.05, 0.1) is 24.3 Å². The molecule has 0 aliphatic rings. The van der Waals surface area contributed by atoms with Crippen molar-refractivity contribution < 1.29 is 27.8 Å². The zero-order valence-electron chi connectivity index (χ0n) is 28.3. The van der Waals surface area contributed by atoms with Crippen LogP contribution in [-0.2, 0) is 13.1 Å². The maximum Gasteiger partial charge on any atom is 0.256 e. The highest BCUT2D eigenvalue weighted by Gasteiger charge is 2.18. The molecule has 2 amide bonds. The quantitative estimate of drug-likeness (QED) is 0.110. The average molecular weight is 720 g/mol. The van der Waals surface area contributed by atoms with E-state index in [0.717, 1.165) is 6.42 Å². The van der Waals surface area contributed by atoms with Gasteiger partial charge in [-0.15, -0.1) is 0 Å². The molecule has 4 rings (SSSR count). The van der Waals surface area contributed by atoms with E-state index in [-0.39, 0.29) is 47.5 Å². The molecule has 4 N–H and O–H groups in total. The second kappa shape index (κ2) is 21.3. The number of amides is 2. The Morgan fingerprint density at radius 3 is 1.51 bits per heavy atom. The summed E-state index contributed by atoms with van der Waals surface area (Å²) < 4.78 is 37.1. The number of aromatic nitrogens is 2. The molecule has 2 aromatic carbocycles. The second-order valence-corrected chi connectivity index (χ2v) is 10.6. The fraction of sp³-hybridized carbons (Fsp3) is 0.314. The van der Waals surface area contributed by atoms with Crippen LogP contribution in [0.1, 0.15) is 66.0 Å². The normalized spacial score (nSPS) is 10.0. The van der Waals surface area contributed by atoms with Crippen molar-refractivity contribution in [1.82, 2.24) is 20.6 Å². The lowest BCUT2D eigenvalue weighted by Crippen LogP contribution is -2.25. The molecule has 0 spiro atoms. The number of pyridine rings is 2. The number of benzene rings is 2. The largest absolute Gasteiger partial charge is 0.494 e. The van der Waals surface area contributed by atoms with Gasteiger partial charge < -0.3 is 30.7 Å². The standard InChI is InChI=1S/C17H19ClFN3O2.C16H17ClFN3O2.C2H6/c1-3-7-20-16-15(12(18)6-8-21-16)17(23)22-10-11-4-5-14(24-2)13(19)9-11;1-3-19-15-14(11(17)6-7-20-15)16(22)21-9-10-4-5-13(23-2)12(18)8-10;1-2/h4-6,8-9H,3,7,10H2,1-2H3,(H,20,21)(H,22,23);4-8H,3,9H2,1-2H3,(H,19,20)(H,21,22);1-2H3. The van der Waals surface area contributed by atoms with E-state index in [4.69, 9.17) is 32.7 Å². The van der Waals surface area contributed by atoms with Gasteiger partial charge in [0.25, 0.3) is 11.8 Å². The number of halogens is 4. The van der Waals surface area contributed by atoms with Gasteiger partial charge in [0.1, 0.15) is 22.8 Å². The Kier molecular flexibility index (Phi) is 17.6. The summed E-state index contributed by atoms with van der Waals surface area (Å²) in [6, 6.07) is 12.1. The van der Waals surface area contributed by atoms with E-state index in [9.17, 15) is 18.4 Å². The Morgan fingerprint density at radius 2 is 1.14 bits per heavy atom. The van der Waals surface area contributed by atoms with E-state index in [1.807, 2.05) is 27.7 Å². The van der Waals surface area contributed by atoms with Gasteiger partial charge in [-0.3, -0.25) is 9.59 Å². The molecule has 0 aliphatic heterocycles. The second-order valence-electron chi connectivity index (χ2n) is 9.79. The first-order valence-corrected chi connectivity index (χ1v) is 16.4. The maximum absolute atomic E-state index is 13.7. The van der Waals surface area contributed by atoms with Crippen LogP contribution in [0.4, 0.5) is 20.4 Å². The molecule has 2 heterocycles. The highest BCUT2D eigenvalue weighted by atomic mass is 35.5. The van der Waals surface area contributed by atoms with Gasteiger partial charge in [-0.2, -0.15) is 0 Å². The minimum absolute atomic E-state index is 0.157. The van der Waals surface area contributed by atoms with E-state index >= 15 is 0 Å². The molecule has 10 nitrogen and oxygen atoms in total. The molecule has 14 heteroatoms. The van der Waals surface area contributed by atoms with Gasteiger partial charge >= 0.3 is 0 Å². The molecule has 0 atom stereocenters. The van der Waals surface area contributed by atoms with Gasteiger partial charge in [0, 0.05) is 38.6 Å². The number of nitrogens with zero attached hydrogens (tertiary/aromatic N) is 2. The summed E-state index contributed by atoms with van der Waals surface area (Å²) in [4.78, 5) is 33.1. The third-order valence-corrected chi connectivity index (χ3v) is 7.11. The molecular weight excluding hydrogens is 677 g/mol. The molecule has 0 aliphatic carbocycles. The van der Waals surface area contributed by atoms with Crippen molar-refractivity contribution in [3.05, 3.63) is 105 Å². The third-order valence-electron chi connectivity index (χ3n) is 6.48. The summed E-state index contributed by atoms with van der Waals surface area (Å²) in [6.07, 6.45) is 3.95. The average Bonchev–Trinajstić information content (AvgIpc) is 3.10. The van der Waals surface area contributed by atoms with Crippen LogP contribution in [0.15, 0.2) is 60.9 Å². The molecule has 0 unspecified atom stereocenters. The molecule has 49 heavy (non-hydrogen) atoms. The number of hydrogen-bond donors (Lipinski definition) is 4. The van der Waals surface area contributed by atoms with Crippen LogP contribution < -0.4 is 30.7 Å². The van der Waals surface area contributed by atoms with E-state index in [2.05, 4.69) is 31.2 Å². The Balaban J connectivity index is 0.000000324. The highest BCUT2D eigenvalue weighted by Crippen LogP contribution is 2.24. The van der Waals surface area contributed by atoms with Crippen molar-refractivity contribution in [2.45, 2.75) is 47.2 Å². The molecule has 0 radical (unpaired) electrons. The van der Waals surface area contributed by atoms with Crippen molar-refractivity contribution in [3.63, 3.8) is 0 Å². The van der Waals surface area contributed by atoms with Crippen LogP contribution in [0.2, 0.25) is 10.0 Å². The number of carbonyl (C=O) groups excluding carboxylic acids is 2. The summed E-state index contributed by atoms with van der Waals surface area (Å²) in [5.74, 6) is -0.545. The summed E-state index contributed by atoms with van der Waals surface area (Å²) >= 11 is 12.2. The highest BCUT2D eigenvalue weighted by molar-refractivity contribution is 6.35. The lowest BCUT2D eigenvalue weighted by Gasteiger charge is -2.12. The van der Waals surface area contributed by atoms with Crippen molar-refractivity contribution in [2.75, 3.05) is 37.9 Å². The molecule has 0 fully saturated rings. The predicted octanol–water partition coefficient (Wildman–Crippen LogP) is 7.91. The molecule has 0 bridgehead atoms. The summed E-state index contributed by atoms with van der Waals surface area (Å²) in [6.45, 7) is 9.52. The first-order valence-electron chi connectivity index (χ1n) is 15.6. The van der Waals surface area contributed by atoms with Crippen LogP contribution in [0.25, 0.3) is 0 Å². The zero-order chi connectivity index (χ0) is 36.3. The van der Waals surface area contributed by atoms with Crippen LogP contribution in [0.5, 0.6) is 11.5 Å². The van der Waals surface area contributed by atoms with Crippen molar-refractivity contribution in [1.29, 1.82) is 0 Å². The number of anilines is 2. The van der Waals surface area contributed by atoms with Gasteiger partial charge in [0.15, 0.2) is 23.1 Å². The van der Waals surface area contributed by atoms with E-state index in [1.54, 1.807) is 24.3 Å². The predicted molar refractivity (Wildman–Crippen MR) is 191 cm³/mol. The van der Waals surface area contributed by atoms with Crippen LogP contribution in [0.3, 0.4) is 0 Å². The lowest BCUT2D eigenvalue weighted by molar-refractivity contribution is 0.0943. The monoisotopic (exact) mass is 718 g/mol. The van der Waals surface area contributed by atoms with Crippen LogP contribution in [-0.4, -0.2) is 49.1 Å². The van der Waals surface area contributed by atoms with Gasteiger partial charge in [-0.1, -0.05) is 56.1 Å². The molecule has 0 saturated heterocycles. The molecule has 4 aromatic rings. The number of rotatable bonds is 13. The Morgan fingerprint density at radius 1 is 0.714 bits per heavy atom. The van der Waals surface area contributed by atoms with Crippen molar-refractivity contribution >= 4 is 46.7 Å². The first-order chi connectivity index (χ1) is 23.6. The number of hydrogen-bond acceptors (Lipinski definition) is 8. The van der Waals surface area contributed by atoms with Gasteiger partial charge in [-0.25, -0.2) is 18.7 Å². The third kappa shape index (κ3) is 12.1. The summed E-state index contributed by atoms with van der Waals surface area (Å²) in [7, 11) is 2.79. The Hall–Kier alpha value is -4.68. The van der Waals surface area contributed by atoms with Crippen LogP contribution >= 0.6 is 23.2 Å². The molecular formula is C35H42Cl2F2N6O4. The molecule has 2 aromatic heterocycles. The van der Waals surface area contributed by atoms with Crippen molar-refractivity contribution in [2.24, 2.45) is 0 Å². The zero-order valence-corrected chi connectivity index (χ0v) is 29.9. The minimum Gasteiger partial charge on any atom is -0.494 e. The Bertz CT molecular complexity index is 1680. The fourth-order valence-electron chi connectivity index (χ4n) is 4.17. The SMILES string of the molecule is CC.CCCNc1nccc(Cl)c1C(=O)NCc1ccc(OC)c(F)c1.CCNc1nccc(Cl)c1C(=O)NCc1ccc(OC)c(F)c1. The van der Waals surface area contributed by atoms with Gasteiger partial charge in [-0.05, 0) is 60.9 Å². The minimum atomic E-state index is -0.480. The molecule has 0 saturated carbocycles. The fourth-order valence-corrected chi connectivity index (χ4v) is 4.63. The lowest BCUT2D eigenvalue weighted by atomic mass is 10.2. The maximum atomic E-state index is 13.7. The number of carbonyl (C=O) groups is 2. The van der Waals surface area contributed by atoms with E-state index < -0.39 is 11.6 Å². The smallest absolute Gasteiger partial charge is 0.256 e. The van der Waals surface area contributed by atoms with Crippen molar-refractivity contribution in [3.8, 4) is 11.5 Å². The Labute approximate surface area is 295 Å². The van der Waals surface area contributed by atoms with Crippen LogP contribution in [0, 0.1) is 11.6 Å². The number of nitrogens with one attached hydrogen (secondary N) is 4. The molecule has 264 valence electrons. The topological polar surface area (TPSA) is 127 Å². The van der Waals surface area contributed by atoms with E-state index in [0.29, 0.717) is 45.9 Å². The first kappa shape index (κ1) is 40.5. The van der Waals surface area contributed by atoms with Gasteiger partial charge in [0.2, 0.25) is 0 Å². The number of ether oxygens (including phenoxy) is 2. The van der Waals surface area contributed by atoms with E-state index in [1.165, 1.54) is 50.9 Å². The number of methoxy groups -OCH3 is 2.